The summed E-state index contributed by atoms with van der Waals surface area (Å²) in [6.45, 7) is 7.38. The first-order valence-corrected chi connectivity index (χ1v) is 8.83. The number of carbonyl (C=O) groups is 1. The van der Waals surface area contributed by atoms with Crippen LogP contribution in [0, 0.1) is 0 Å². The van der Waals surface area contributed by atoms with Gasteiger partial charge in [-0.3, -0.25) is 4.79 Å². The summed E-state index contributed by atoms with van der Waals surface area (Å²) in [5.41, 5.74) is 2.57. The highest BCUT2D eigenvalue weighted by Gasteiger charge is 2.33. The van der Waals surface area contributed by atoms with Gasteiger partial charge in [-0.15, -0.1) is 0 Å². The summed E-state index contributed by atoms with van der Waals surface area (Å²) < 4.78 is 5.46. The second-order valence-corrected chi connectivity index (χ2v) is 7.08. The normalized spacial score (nSPS) is 21.4. The van der Waals surface area contributed by atoms with Crippen LogP contribution in [0.2, 0.25) is 0 Å². The molecule has 0 radical (unpaired) electrons. The van der Waals surface area contributed by atoms with Crippen molar-refractivity contribution < 1.29 is 9.53 Å². The van der Waals surface area contributed by atoms with Crippen molar-refractivity contribution >= 4 is 5.91 Å². The number of ether oxygens (including phenoxy) is 1. The van der Waals surface area contributed by atoms with Gasteiger partial charge in [0.15, 0.2) is 0 Å². The molecule has 1 saturated heterocycles. The van der Waals surface area contributed by atoms with E-state index in [9.17, 15) is 4.79 Å². The number of nitrogens with zero attached hydrogens (tertiary/aromatic N) is 1. The summed E-state index contributed by atoms with van der Waals surface area (Å²) in [7, 11) is 0. The Balaban J connectivity index is 1.60. The third kappa shape index (κ3) is 4.55. The van der Waals surface area contributed by atoms with Gasteiger partial charge in [-0.2, -0.15) is 0 Å². The highest BCUT2D eigenvalue weighted by atomic mass is 16.5. The Morgan fingerprint density at radius 1 is 1.30 bits per heavy atom. The number of rotatable bonds is 6. The first-order valence-electron chi connectivity index (χ1n) is 8.83. The molecule has 4 nitrogen and oxygen atoms in total. The monoisotopic (exact) mass is 316 g/mol. The Kier molecular flexibility index (Phi) is 5.34. The number of carbonyl (C=O) groups excluding carboxylic acids is 1. The summed E-state index contributed by atoms with van der Waals surface area (Å²) in [5.74, 6) is 0.797. The predicted octanol–water partition coefficient (Wildman–Crippen LogP) is 2.68. The average Bonchev–Trinajstić information content (AvgIpc) is 3.38. The molecule has 1 heterocycles. The molecule has 1 aromatic carbocycles. The number of morpholine rings is 1. The maximum atomic E-state index is 12.7. The first kappa shape index (κ1) is 16.5. The molecule has 1 amide bonds. The number of hydrogen-bond donors (Lipinski definition) is 1. The van der Waals surface area contributed by atoms with Crippen LogP contribution in [0.3, 0.4) is 0 Å². The van der Waals surface area contributed by atoms with Crippen LogP contribution in [0.15, 0.2) is 24.3 Å². The minimum absolute atomic E-state index is 0.167. The fourth-order valence-corrected chi connectivity index (χ4v) is 3.09. The van der Waals surface area contributed by atoms with Crippen LogP contribution in [0.1, 0.15) is 50.2 Å². The van der Waals surface area contributed by atoms with Crippen molar-refractivity contribution in [1.29, 1.82) is 0 Å². The second-order valence-electron chi connectivity index (χ2n) is 7.08. The maximum Gasteiger partial charge on any atom is 0.224 e. The van der Waals surface area contributed by atoms with Gasteiger partial charge in [0.2, 0.25) is 5.91 Å². The summed E-state index contributed by atoms with van der Waals surface area (Å²) in [4.78, 5) is 14.8. The lowest BCUT2D eigenvalue weighted by molar-refractivity contribution is -0.133. The van der Waals surface area contributed by atoms with Crippen molar-refractivity contribution in [2.45, 2.75) is 57.7 Å². The van der Waals surface area contributed by atoms with Gasteiger partial charge < -0.3 is 15.0 Å². The molecule has 1 unspecified atom stereocenters. The van der Waals surface area contributed by atoms with Crippen LogP contribution in [-0.2, 0) is 16.1 Å². The quantitative estimate of drug-likeness (QED) is 0.877. The number of benzene rings is 1. The van der Waals surface area contributed by atoms with Gasteiger partial charge in [-0.05, 0) is 29.9 Å². The lowest BCUT2D eigenvalue weighted by Crippen LogP contribution is -2.45. The van der Waals surface area contributed by atoms with E-state index in [4.69, 9.17) is 4.74 Å². The molecule has 1 aromatic rings. The van der Waals surface area contributed by atoms with Crippen molar-refractivity contribution in [2.75, 3.05) is 19.8 Å². The molecule has 1 saturated carbocycles. The summed E-state index contributed by atoms with van der Waals surface area (Å²) in [6.07, 6.45) is 2.83. The van der Waals surface area contributed by atoms with Crippen molar-refractivity contribution in [3.05, 3.63) is 35.4 Å². The van der Waals surface area contributed by atoms with E-state index in [1.165, 1.54) is 11.1 Å². The predicted molar refractivity (Wildman–Crippen MR) is 91.3 cm³/mol. The summed E-state index contributed by atoms with van der Waals surface area (Å²) in [5, 5.41) is 3.38. The molecular weight excluding hydrogens is 288 g/mol. The van der Waals surface area contributed by atoms with Crippen LogP contribution >= 0.6 is 0 Å². The molecule has 1 N–H and O–H groups in total. The van der Waals surface area contributed by atoms with Crippen molar-refractivity contribution in [2.24, 2.45) is 0 Å². The molecule has 2 aliphatic rings. The van der Waals surface area contributed by atoms with Gasteiger partial charge >= 0.3 is 0 Å². The number of nitrogens with one attached hydrogen (secondary N) is 1. The Hall–Kier alpha value is -1.39. The van der Waals surface area contributed by atoms with E-state index >= 15 is 0 Å². The number of hydrogen-bond acceptors (Lipinski definition) is 3. The molecule has 126 valence electrons. The van der Waals surface area contributed by atoms with E-state index in [-0.39, 0.29) is 11.9 Å². The topological polar surface area (TPSA) is 41.6 Å². The zero-order valence-corrected chi connectivity index (χ0v) is 14.3. The zero-order valence-electron chi connectivity index (χ0n) is 14.3. The van der Waals surface area contributed by atoms with Crippen LogP contribution in [0.25, 0.3) is 0 Å². The largest absolute Gasteiger partial charge is 0.378 e. The average molecular weight is 316 g/mol. The molecule has 1 atom stereocenters. The van der Waals surface area contributed by atoms with E-state index in [1.807, 2.05) is 0 Å². The molecule has 2 fully saturated rings. The maximum absolute atomic E-state index is 12.7. The van der Waals surface area contributed by atoms with E-state index < -0.39 is 0 Å². The lowest BCUT2D eigenvalue weighted by Gasteiger charge is -2.28. The first-order chi connectivity index (χ1) is 11.1. The van der Waals surface area contributed by atoms with Crippen LogP contribution in [0.5, 0.6) is 0 Å². The van der Waals surface area contributed by atoms with Crippen molar-refractivity contribution in [3.63, 3.8) is 0 Å². The van der Waals surface area contributed by atoms with Crippen LogP contribution in [-0.4, -0.2) is 42.6 Å². The second kappa shape index (κ2) is 7.45. The molecule has 4 heteroatoms. The Bertz CT molecular complexity index is 517. The highest BCUT2D eigenvalue weighted by molar-refractivity contribution is 5.77. The fourth-order valence-electron chi connectivity index (χ4n) is 3.09. The molecule has 0 bridgehead atoms. The third-order valence-corrected chi connectivity index (χ3v) is 4.73. The van der Waals surface area contributed by atoms with E-state index in [1.54, 1.807) is 0 Å². The summed E-state index contributed by atoms with van der Waals surface area (Å²) in [6, 6.07) is 9.32. The van der Waals surface area contributed by atoms with Gasteiger partial charge in [-0.1, -0.05) is 38.1 Å². The van der Waals surface area contributed by atoms with Crippen molar-refractivity contribution in [1.82, 2.24) is 10.2 Å². The van der Waals surface area contributed by atoms with E-state index in [2.05, 4.69) is 48.3 Å². The van der Waals surface area contributed by atoms with Crippen molar-refractivity contribution in [3.8, 4) is 0 Å². The highest BCUT2D eigenvalue weighted by Crippen LogP contribution is 2.29. The lowest BCUT2D eigenvalue weighted by atomic mass is 10.0. The molecule has 1 aliphatic heterocycles. The molecule has 23 heavy (non-hydrogen) atoms. The minimum atomic E-state index is 0.167. The summed E-state index contributed by atoms with van der Waals surface area (Å²) >= 11 is 0. The Labute approximate surface area is 139 Å². The van der Waals surface area contributed by atoms with E-state index in [0.29, 0.717) is 25.0 Å². The molecule has 0 spiro atoms. The Morgan fingerprint density at radius 3 is 2.61 bits per heavy atom. The van der Waals surface area contributed by atoms with E-state index in [0.717, 1.165) is 32.5 Å². The Morgan fingerprint density at radius 2 is 2.04 bits per heavy atom. The molecule has 1 aliphatic carbocycles. The van der Waals surface area contributed by atoms with Gasteiger partial charge in [0, 0.05) is 31.6 Å². The molecular formula is C19H28N2O2. The minimum Gasteiger partial charge on any atom is -0.378 e. The smallest absolute Gasteiger partial charge is 0.224 e. The van der Waals surface area contributed by atoms with Gasteiger partial charge in [0.05, 0.1) is 13.2 Å². The fraction of sp³-hybridized carbons (Fsp3) is 0.632. The standard InChI is InChI=1S/C19H28N2O2/c1-14(2)16-5-3-15(4-6-16)12-21(18-7-8-18)19(22)11-17-13-23-10-9-20-17/h3-6,14,17-18,20H,7-13H2,1-2H3. The number of amides is 1. The van der Waals surface area contributed by atoms with Crippen LogP contribution in [0.4, 0.5) is 0 Å². The van der Waals surface area contributed by atoms with Gasteiger partial charge in [0.25, 0.3) is 0 Å². The SMILES string of the molecule is CC(C)c1ccc(CN(C(=O)CC2COCCN2)C2CC2)cc1. The van der Waals surface area contributed by atoms with Gasteiger partial charge in [-0.25, -0.2) is 0 Å². The van der Waals surface area contributed by atoms with Crippen LogP contribution < -0.4 is 5.32 Å². The third-order valence-electron chi connectivity index (χ3n) is 4.73. The molecule has 0 aromatic heterocycles. The van der Waals surface area contributed by atoms with Gasteiger partial charge in [0.1, 0.15) is 0 Å². The zero-order chi connectivity index (χ0) is 16.2. The molecule has 3 rings (SSSR count).